The van der Waals surface area contributed by atoms with Crippen molar-refractivity contribution in [1.82, 2.24) is 19.7 Å². The number of hydrogen-bond donors (Lipinski definition) is 1. The Labute approximate surface area is 107 Å². The Bertz CT molecular complexity index is 464. The van der Waals surface area contributed by atoms with Gasteiger partial charge in [-0.3, -0.25) is 4.57 Å². The summed E-state index contributed by atoms with van der Waals surface area (Å²) in [5.74, 6) is 1.50. The second-order valence-corrected chi connectivity index (χ2v) is 5.60. The zero-order chi connectivity index (χ0) is 12.5. The molecule has 2 fully saturated rings. The first-order chi connectivity index (χ1) is 8.77. The van der Waals surface area contributed by atoms with Crippen LogP contribution in [0.3, 0.4) is 0 Å². The van der Waals surface area contributed by atoms with E-state index in [0.29, 0.717) is 12.0 Å². The highest BCUT2D eigenvalue weighted by Gasteiger charge is 2.28. The first-order valence-electron chi connectivity index (χ1n) is 7.13. The number of aromatic nitrogens is 3. The normalized spacial score (nSPS) is 22.7. The van der Waals surface area contributed by atoms with Crippen LogP contribution in [0.1, 0.15) is 56.3 Å². The fourth-order valence-electron chi connectivity index (χ4n) is 3.36. The molecule has 0 aromatic carbocycles. The van der Waals surface area contributed by atoms with Gasteiger partial charge in [-0.1, -0.05) is 12.8 Å². The van der Waals surface area contributed by atoms with E-state index in [4.69, 9.17) is 0 Å². The fraction of sp³-hybridized carbons (Fsp3) is 0.846. The van der Waals surface area contributed by atoms with Gasteiger partial charge < -0.3 is 5.32 Å². The third-order valence-corrected chi connectivity index (χ3v) is 4.38. The van der Waals surface area contributed by atoms with Crippen LogP contribution in [0.25, 0.3) is 0 Å². The van der Waals surface area contributed by atoms with Crippen LogP contribution >= 0.6 is 0 Å². The molecule has 1 aliphatic heterocycles. The minimum Gasteiger partial charge on any atom is -0.317 e. The molecule has 5 nitrogen and oxygen atoms in total. The molecule has 0 bridgehead atoms. The summed E-state index contributed by atoms with van der Waals surface area (Å²) in [7, 11) is 1.78. The number of hydrogen-bond acceptors (Lipinski definition) is 3. The summed E-state index contributed by atoms with van der Waals surface area (Å²) in [6.07, 6.45) is 6.98. The molecule has 1 aromatic rings. The lowest BCUT2D eigenvalue weighted by atomic mass is 9.97. The smallest absolute Gasteiger partial charge is 0.317 e. The Morgan fingerprint density at radius 1 is 1.17 bits per heavy atom. The minimum atomic E-state index is 0.0791. The maximum Gasteiger partial charge on any atom is 0.345 e. The van der Waals surface area contributed by atoms with Crippen molar-refractivity contribution >= 4 is 0 Å². The van der Waals surface area contributed by atoms with Crippen molar-refractivity contribution in [3.05, 3.63) is 16.3 Å². The van der Waals surface area contributed by atoms with Gasteiger partial charge in [0.1, 0.15) is 5.82 Å². The molecular weight excluding hydrogens is 228 g/mol. The second kappa shape index (κ2) is 4.88. The number of rotatable bonds is 2. The Hall–Kier alpha value is -1.10. The molecule has 1 saturated carbocycles. The number of nitrogens with one attached hydrogen (secondary N) is 1. The number of piperidine rings is 1. The molecule has 2 heterocycles. The van der Waals surface area contributed by atoms with Gasteiger partial charge >= 0.3 is 5.69 Å². The highest BCUT2D eigenvalue weighted by atomic mass is 16.2. The Morgan fingerprint density at radius 3 is 2.50 bits per heavy atom. The van der Waals surface area contributed by atoms with Gasteiger partial charge in [0, 0.05) is 19.0 Å². The van der Waals surface area contributed by atoms with Crippen molar-refractivity contribution in [3.63, 3.8) is 0 Å². The fourth-order valence-corrected chi connectivity index (χ4v) is 3.36. The van der Waals surface area contributed by atoms with E-state index in [2.05, 4.69) is 10.4 Å². The lowest BCUT2D eigenvalue weighted by Gasteiger charge is -2.23. The van der Waals surface area contributed by atoms with Crippen molar-refractivity contribution in [2.24, 2.45) is 7.05 Å². The maximum atomic E-state index is 12.3. The summed E-state index contributed by atoms with van der Waals surface area (Å²) in [6.45, 7) is 2.08. The third-order valence-electron chi connectivity index (χ3n) is 4.38. The van der Waals surface area contributed by atoms with Crippen LogP contribution < -0.4 is 11.0 Å². The summed E-state index contributed by atoms with van der Waals surface area (Å²) < 4.78 is 3.53. The van der Waals surface area contributed by atoms with Crippen LogP contribution in [0.15, 0.2) is 4.79 Å². The molecule has 0 radical (unpaired) electrons. The van der Waals surface area contributed by atoms with Crippen molar-refractivity contribution in [3.8, 4) is 0 Å². The zero-order valence-corrected chi connectivity index (χ0v) is 11.1. The highest BCUT2D eigenvalue weighted by Crippen LogP contribution is 2.32. The molecule has 0 spiro atoms. The number of aryl methyl sites for hydroxylation is 1. The molecule has 2 aliphatic rings. The average Bonchev–Trinajstić information content (AvgIpc) is 3.00. The lowest BCUT2D eigenvalue weighted by Crippen LogP contribution is -2.31. The van der Waals surface area contributed by atoms with Crippen LogP contribution in [0.4, 0.5) is 0 Å². The van der Waals surface area contributed by atoms with Crippen LogP contribution in [-0.4, -0.2) is 27.4 Å². The maximum absolute atomic E-state index is 12.3. The van der Waals surface area contributed by atoms with Crippen molar-refractivity contribution in [2.45, 2.75) is 50.5 Å². The topological polar surface area (TPSA) is 51.9 Å². The third kappa shape index (κ3) is 2.00. The van der Waals surface area contributed by atoms with Crippen molar-refractivity contribution in [2.75, 3.05) is 13.1 Å². The first-order valence-corrected chi connectivity index (χ1v) is 7.13. The SMILES string of the molecule is Cn1nc(C2CCNCC2)n(C2CCCC2)c1=O. The Balaban J connectivity index is 1.97. The molecule has 0 atom stereocenters. The molecular formula is C13H22N4O. The number of nitrogens with zero attached hydrogens (tertiary/aromatic N) is 3. The van der Waals surface area contributed by atoms with Gasteiger partial charge in [-0.25, -0.2) is 9.48 Å². The van der Waals surface area contributed by atoms with E-state index in [9.17, 15) is 4.79 Å². The van der Waals surface area contributed by atoms with Crippen LogP contribution in [0.5, 0.6) is 0 Å². The molecule has 18 heavy (non-hydrogen) atoms. The van der Waals surface area contributed by atoms with Gasteiger partial charge in [-0.2, -0.15) is 5.10 Å². The van der Waals surface area contributed by atoms with E-state index in [1.807, 2.05) is 4.57 Å². The quantitative estimate of drug-likeness (QED) is 0.857. The molecule has 0 amide bonds. The van der Waals surface area contributed by atoms with Gasteiger partial charge in [0.05, 0.1) is 0 Å². The largest absolute Gasteiger partial charge is 0.345 e. The minimum absolute atomic E-state index is 0.0791. The first kappa shape index (κ1) is 12.0. The van der Waals surface area contributed by atoms with E-state index >= 15 is 0 Å². The molecule has 1 N–H and O–H groups in total. The Morgan fingerprint density at radius 2 is 1.83 bits per heavy atom. The van der Waals surface area contributed by atoms with Crippen molar-refractivity contribution < 1.29 is 0 Å². The van der Waals surface area contributed by atoms with Crippen molar-refractivity contribution in [1.29, 1.82) is 0 Å². The molecule has 1 aromatic heterocycles. The molecule has 5 heteroatoms. The summed E-state index contributed by atoms with van der Waals surface area (Å²) in [5, 5.41) is 7.89. The zero-order valence-electron chi connectivity index (χ0n) is 11.1. The molecule has 1 saturated heterocycles. The van der Waals surface area contributed by atoms with E-state index in [1.54, 1.807) is 7.05 Å². The predicted molar refractivity (Wildman–Crippen MR) is 69.8 cm³/mol. The van der Waals surface area contributed by atoms with Gasteiger partial charge in [-0.05, 0) is 38.8 Å². The lowest BCUT2D eigenvalue weighted by molar-refractivity contribution is 0.403. The van der Waals surface area contributed by atoms with Gasteiger partial charge in [-0.15, -0.1) is 0 Å². The predicted octanol–water partition coefficient (Wildman–Crippen LogP) is 1.16. The van der Waals surface area contributed by atoms with Crippen LogP contribution in [0.2, 0.25) is 0 Å². The molecule has 0 unspecified atom stereocenters. The van der Waals surface area contributed by atoms with E-state index in [1.165, 1.54) is 17.5 Å². The Kier molecular flexibility index (Phi) is 3.24. The summed E-state index contributed by atoms with van der Waals surface area (Å²) >= 11 is 0. The van der Waals surface area contributed by atoms with Crippen LogP contribution in [0, 0.1) is 0 Å². The standard InChI is InChI=1S/C13H22N4O/c1-16-13(18)17(11-4-2-3-5-11)12(15-16)10-6-8-14-9-7-10/h10-11,14H,2-9H2,1H3. The van der Waals surface area contributed by atoms with Crippen LogP contribution in [-0.2, 0) is 7.05 Å². The van der Waals surface area contributed by atoms with E-state index in [0.717, 1.165) is 44.6 Å². The van der Waals surface area contributed by atoms with Gasteiger partial charge in [0.15, 0.2) is 0 Å². The molecule has 1 aliphatic carbocycles. The summed E-state index contributed by atoms with van der Waals surface area (Å²) in [6, 6.07) is 0.399. The summed E-state index contributed by atoms with van der Waals surface area (Å²) in [4.78, 5) is 12.3. The highest BCUT2D eigenvalue weighted by molar-refractivity contribution is 5.02. The van der Waals surface area contributed by atoms with E-state index in [-0.39, 0.29) is 5.69 Å². The van der Waals surface area contributed by atoms with Gasteiger partial charge in [0.25, 0.3) is 0 Å². The van der Waals surface area contributed by atoms with E-state index < -0.39 is 0 Å². The second-order valence-electron chi connectivity index (χ2n) is 5.60. The average molecular weight is 250 g/mol. The van der Waals surface area contributed by atoms with Gasteiger partial charge in [0.2, 0.25) is 0 Å². The molecule has 100 valence electrons. The summed E-state index contributed by atoms with van der Waals surface area (Å²) in [5.41, 5.74) is 0.0791. The monoisotopic (exact) mass is 250 g/mol. The molecule has 3 rings (SSSR count).